The Bertz CT molecular complexity index is 765. The van der Waals surface area contributed by atoms with Crippen LogP contribution in [-0.2, 0) is 13.0 Å². The highest BCUT2D eigenvalue weighted by molar-refractivity contribution is 5.96. The maximum absolute atomic E-state index is 13.1. The van der Waals surface area contributed by atoms with E-state index in [1.165, 1.54) is 32.1 Å². The summed E-state index contributed by atoms with van der Waals surface area (Å²) in [5.74, 6) is 1.76. The molecular weight excluding hydrogens is 334 g/mol. The molecule has 0 atom stereocenters. The first kappa shape index (κ1) is 18.1. The standard InChI is InChI=1S/C24H29NO2/c26-24-23-14-13-22(27-18-20-10-5-2-6-11-20)16-21(23)12-7-15-25(24)17-19-8-3-1-4-9-19/h2,5-6,10-11,13-14,16,19H,1,3-4,7-9,12,15,17-18H2. The second-order valence-electron chi connectivity index (χ2n) is 7.95. The average Bonchev–Trinajstić information content (AvgIpc) is 2.87. The predicted octanol–water partition coefficient (Wildman–Crippen LogP) is 5.23. The summed E-state index contributed by atoms with van der Waals surface area (Å²) in [4.78, 5) is 15.2. The Morgan fingerprint density at radius 1 is 0.963 bits per heavy atom. The van der Waals surface area contributed by atoms with Crippen molar-refractivity contribution in [1.29, 1.82) is 0 Å². The molecule has 2 aromatic rings. The van der Waals surface area contributed by atoms with Crippen LogP contribution in [0.25, 0.3) is 0 Å². The number of ether oxygens (including phenoxy) is 1. The first-order valence-electron chi connectivity index (χ1n) is 10.4. The molecule has 0 N–H and O–H groups in total. The molecule has 0 radical (unpaired) electrons. The number of hydrogen-bond acceptors (Lipinski definition) is 2. The maximum Gasteiger partial charge on any atom is 0.254 e. The van der Waals surface area contributed by atoms with E-state index >= 15 is 0 Å². The molecule has 3 heteroatoms. The van der Waals surface area contributed by atoms with Crippen LogP contribution in [0.15, 0.2) is 48.5 Å². The van der Waals surface area contributed by atoms with Crippen LogP contribution >= 0.6 is 0 Å². The fraction of sp³-hybridized carbons (Fsp3) is 0.458. The Morgan fingerprint density at radius 3 is 2.59 bits per heavy atom. The van der Waals surface area contributed by atoms with Gasteiger partial charge in [0, 0.05) is 18.7 Å². The lowest BCUT2D eigenvalue weighted by molar-refractivity contribution is 0.0719. The summed E-state index contributed by atoms with van der Waals surface area (Å²) < 4.78 is 5.96. The summed E-state index contributed by atoms with van der Waals surface area (Å²) in [7, 11) is 0. The van der Waals surface area contributed by atoms with Crippen LogP contribution in [0.5, 0.6) is 5.75 Å². The summed E-state index contributed by atoms with van der Waals surface area (Å²) in [5, 5.41) is 0. The number of hydrogen-bond donors (Lipinski definition) is 0. The van der Waals surface area contributed by atoms with Crippen molar-refractivity contribution >= 4 is 5.91 Å². The van der Waals surface area contributed by atoms with Crippen molar-refractivity contribution in [2.75, 3.05) is 13.1 Å². The molecule has 0 saturated heterocycles. The lowest BCUT2D eigenvalue weighted by Crippen LogP contribution is -2.36. The minimum atomic E-state index is 0.211. The van der Waals surface area contributed by atoms with E-state index in [9.17, 15) is 4.79 Å². The van der Waals surface area contributed by atoms with Gasteiger partial charge >= 0.3 is 0 Å². The lowest BCUT2D eigenvalue weighted by atomic mass is 9.89. The fourth-order valence-electron chi connectivity index (χ4n) is 4.40. The van der Waals surface area contributed by atoms with Crippen molar-refractivity contribution in [1.82, 2.24) is 4.90 Å². The monoisotopic (exact) mass is 363 g/mol. The van der Waals surface area contributed by atoms with Crippen LogP contribution in [0.4, 0.5) is 0 Å². The van der Waals surface area contributed by atoms with Gasteiger partial charge in [0.15, 0.2) is 0 Å². The van der Waals surface area contributed by atoms with E-state index < -0.39 is 0 Å². The Labute approximate surface area is 162 Å². The summed E-state index contributed by atoms with van der Waals surface area (Å²) in [6.45, 7) is 2.37. The molecule has 0 aromatic heterocycles. The average molecular weight is 364 g/mol. The van der Waals surface area contributed by atoms with Crippen molar-refractivity contribution in [3.63, 3.8) is 0 Å². The van der Waals surface area contributed by atoms with E-state index in [1.807, 2.05) is 30.3 Å². The van der Waals surface area contributed by atoms with Gasteiger partial charge in [-0.1, -0.05) is 49.6 Å². The fourth-order valence-corrected chi connectivity index (χ4v) is 4.40. The van der Waals surface area contributed by atoms with Gasteiger partial charge in [-0.05, 0) is 60.9 Å². The van der Waals surface area contributed by atoms with Crippen LogP contribution in [-0.4, -0.2) is 23.9 Å². The first-order valence-corrected chi connectivity index (χ1v) is 10.4. The van der Waals surface area contributed by atoms with E-state index in [0.29, 0.717) is 12.5 Å². The smallest absolute Gasteiger partial charge is 0.254 e. The third-order valence-electron chi connectivity index (χ3n) is 5.92. The molecule has 0 spiro atoms. The molecular formula is C24H29NO2. The molecule has 27 heavy (non-hydrogen) atoms. The third-order valence-corrected chi connectivity index (χ3v) is 5.92. The third kappa shape index (κ3) is 4.52. The van der Waals surface area contributed by atoms with Gasteiger partial charge in [0.05, 0.1) is 0 Å². The number of benzene rings is 2. The van der Waals surface area contributed by atoms with Crippen LogP contribution in [0, 0.1) is 5.92 Å². The summed E-state index contributed by atoms with van der Waals surface area (Å²) in [6, 6.07) is 16.2. The number of aryl methyl sites for hydroxylation is 1. The predicted molar refractivity (Wildman–Crippen MR) is 108 cm³/mol. The molecule has 1 fully saturated rings. The maximum atomic E-state index is 13.1. The molecule has 1 aliphatic carbocycles. The van der Waals surface area contributed by atoms with Crippen LogP contribution in [0.1, 0.15) is 60.0 Å². The Morgan fingerprint density at radius 2 is 1.78 bits per heavy atom. The van der Waals surface area contributed by atoms with Crippen molar-refractivity contribution in [2.24, 2.45) is 5.92 Å². The number of rotatable bonds is 5. The van der Waals surface area contributed by atoms with Crippen molar-refractivity contribution < 1.29 is 9.53 Å². The summed E-state index contributed by atoms with van der Waals surface area (Å²) >= 11 is 0. The minimum absolute atomic E-state index is 0.211. The van der Waals surface area contributed by atoms with Gasteiger partial charge in [-0.25, -0.2) is 0 Å². The van der Waals surface area contributed by atoms with Crippen LogP contribution in [0.3, 0.4) is 0 Å². The second kappa shape index (κ2) is 8.60. The van der Waals surface area contributed by atoms with E-state index in [2.05, 4.69) is 23.1 Å². The number of nitrogens with zero attached hydrogens (tertiary/aromatic N) is 1. The van der Waals surface area contributed by atoms with Gasteiger partial charge in [0.1, 0.15) is 12.4 Å². The minimum Gasteiger partial charge on any atom is -0.489 e. The highest BCUT2D eigenvalue weighted by Crippen LogP contribution is 2.28. The molecule has 1 aliphatic heterocycles. The van der Waals surface area contributed by atoms with E-state index in [4.69, 9.17) is 4.74 Å². The molecule has 2 aromatic carbocycles. The summed E-state index contributed by atoms with van der Waals surface area (Å²) in [6.07, 6.45) is 8.56. The van der Waals surface area contributed by atoms with Gasteiger partial charge < -0.3 is 9.64 Å². The zero-order valence-corrected chi connectivity index (χ0v) is 16.0. The second-order valence-corrected chi connectivity index (χ2v) is 7.95. The van der Waals surface area contributed by atoms with Crippen molar-refractivity contribution in [3.05, 3.63) is 65.2 Å². The van der Waals surface area contributed by atoms with Gasteiger partial charge in [-0.15, -0.1) is 0 Å². The van der Waals surface area contributed by atoms with E-state index in [0.717, 1.165) is 48.4 Å². The zero-order chi connectivity index (χ0) is 18.5. The molecule has 1 saturated carbocycles. The number of amides is 1. The zero-order valence-electron chi connectivity index (χ0n) is 16.0. The van der Waals surface area contributed by atoms with Gasteiger partial charge in [0.2, 0.25) is 0 Å². The Balaban J connectivity index is 1.43. The highest BCUT2D eigenvalue weighted by atomic mass is 16.5. The lowest BCUT2D eigenvalue weighted by Gasteiger charge is -2.29. The van der Waals surface area contributed by atoms with Crippen molar-refractivity contribution in [2.45, 2.75) is 51.6 Å². The van der Waals surface area contributed by atoms with Crippen LogP contribution < -0.4 is 4.74 Å². The van der Waals surface area contributed by atoms with Gasteiger partial charge in [-0.3, -0.25) is 4.79 Å². The molecule has 2 aliphatic rings. The first-order chi connectivity index (χ1) is 13.3. The summed E-state index contributed by atoms with van der Waals surface area (Å²) in [5.41, 5.74) is 3.16. The molecule has 4 rings (SSSR count). The number of carbonyl (C=O) groups excluding carboxylic acids is 1. The Kier molecular flexibility index (Phi) is 5.76. The van der Waals surface area contributed by atoms with E-state index in [1.54, 1.807) is 0 Å². The molecule has 3 nitrogen and oxygen atoms in total. The largest absolute Gasteiger partial charge is 0.489 e. The van der Waals surface area contributed by atoms with Gasteiger partial charge in [-0.2, -0.15) is 0 Å². The SMILES string of the molecule is O=C1c2ccc(OCc3ccccc3)cc2CCCN1CC1CCCCC1. The molecule has 1 amide bonds. The molecule has 0 bridgehead atoms. The molecule has 142 valence electrons. The number of fused-ring (bicyclic) bond motifs is 1. The van der Waals surface area contributed by atoms with Crippen molar-refractivity contribution in [3.8, 4) is 5.75 Å². The van der Waals surface area contributed by atoms with Crippen LogP contribution in [0.2, 0.25) is 0 Å². The number of carbonyl (C=O) groups is 1. The molecule has 0 unspecified atom stereocenters. The quantitative estimate of drug-likeness (QED) is 0.727. The van der Waals surface area contributed by atoms with Gasteiger partial charge in [0.25, 0.3) is 5.91 Å². The Hall–Kier alpha value is -2.29. The molecule has 1 heterocycles. The topological polar surface area (TPSA) is 29.5 Å². The van der Waals surface area contributed by atoms with E-state index in [-0.39, 0.29) is 5.91 Å². The highest BCUT2D eigenvalue weighted by Gasteiger charge is 2.25. The normalized spacial score (nSPS) is 18.1.